The molecule has 138 valence electrons. The SMILES string of the molecule is Cc1c(C(=O)Nc2cnc(Cl)nc2)cccc1-c1ccc(C(F)(F)F)cc1. The molecule has 0 saturated carbocycles. The van der Waals surface area contributed by atoms with Crippen LogP contribution in [0.4, 0.5) is 18.9 Å². The molecule has 1 N–H and O–H groups in total. The van der Waals surface area contributed by atoms with Gasteiger partial charge in [0.25, 0.3) is 5.91 Å². The first-order valence-electron chi connectivity index (χ1n) is 7.82. The van der Waals surface area contributed by atoms with Crippen LogP contribution in [0.5, 0.6) is 0 Å². The molecule has 0 spiro atoms. The Morgan fingerprint density at radius 2 is 1.67 bits per heavy atom. The van der Waals surface area contributed by atoms with Crippen LogP contribution in [-0.4, -0.2) is 15.9 Å². The molecule has 0 aliphatic rings. The molecule has 0 radical (unpaired) electrons. The molecule has 1 aromatic heterocycles. The highest BCUT2D eigenvalue weighted by Gasteiger charge is 2.30. The van der Waals surface area contributed by atoms with Gasteiger partial charge in [-0.3, -0.25) is 4.79 Å². The second-order valence-electron chi connectivity index (χ2n) is 5.75. The minimum absolute atomic E-state index is 0.0634. The normalized spacial score (nSPS) is 11.3. The third kappa shape index (κ3) is 4.25. The number of nitrogens with one attached hydrogen (secondary N) is 1. The van der Waals surface area contributed by atoms with Gasteiger partial charge in [-0.2, -0.15) is 13.2 Å². The van der Waals surface area contributed by atoms with Crippen LogP contribution in [0.25, 0.3) is 11.1 Å². The predicted octanol–water partition coefficient (Wildman–Crippen LogP) is 5.38. The molecule has 1 amide bonds. The number of nitrogens with zero attached hydrogens (tertiary/aromatic N) is 2. The summed E-state index contributed by atoms with van der Waals surface area (Å²) in [5, 5.41) is 2.73. The quantitative estimate of drug-likeness (QED) is 0.610. The number of aromatic nitrogens is 2. The number of benzene rings is 2. The fourth-order valence-corrected chi connectivity index (χ4v) is 2.71. The summed E-state index contributed by atoms with van der Waals surface area (Å²) in [5.41, 5.74) is 1.95. The highest BCUT2D eigenvalue weighted by atomic mass is 35.5. The number of alkyl halides is 3. The first kappa shape index (κ1) is 18.8. The van der Waals surface area contributed by atoms with Crippen LogP contribution in [0.1, 0.15) is 21.5 Å². The van der Waals surface area contributed by atoms with Crippen molar-refractivity contribution in [2.24, 2.45) is 0 Å². The zero-order chi connectivity index (χ0) is 19.6. The maximum atomic E-state index is 12.7. The van der Waals surface area contributed by atoms with Crippen molar-refractivity contribution in [1.82, 2.24) is 9.97 Å². The molecule has 0 fully saturated rings. The van der Waals surface area contributed by atoms with Crippen molar-refractivity contribution in [1.29, 1.82) is 0 Å². The molecule has 2 aromatic carbocycles. The van der Waals surface area contributed by atoms with E-state index >= 15 is 0 Å². The highest BCUT2D eigenvalue weighted by Crippen LogP contribution is 2.32. The fraction of sp³-hybridized carbons (Fsp3) is 0.105. The third-order valence-electron chi connectivity index (χ3n) is 3.98. The molecule has 0 aliphatic carbocycles. The summed E-state index contributed by atoms with van der Waals surface area (Å²) in [5.74, 6) is -0.382. The number of anilines is 1. The van der Waals surface area contributed by atoms with Crippen LogP contribution in [0.15, 0.2) is 54.9 Å². The summed E-state index contributed by atoms with van der Waals surface area (Å²) in [4.78, 5) is 20.1. The Morgan fingerprint density at radius 3 is 2.26 bits per heavy atom. The van der Waals surface area contributed by atoms with E-state index in [9.17, 15) is 18.0 Å². The van der Waals surface area contributed by atoms with E-state index in [0.29, 0.717) is 27.9 Å². The Bertz CT molecular complexity index is 971. The van der Waals surface area contributed by atoms with Gasteiger partial charge in [0.05, 0.1) is 23.6 Å². The summed E-state index contributed by atoms with van der Waals surface area (Å²) < 4.78 is 38.2. The molecule has 0 unspecified atom stereocenters. The second kappa shape index (κ2) is 7.36. The van der Waals surface area contributed by atoms with Crippen molar-refractivity contribution in [3.63, 3.8) is 0 Å². The van der Waals surface area contributed by atoms with E-state index in [-0.39, 0.29) is 11.2 Å². The Labute approximate surface area is 158 Å². The first-order chi connectivity index (χ1) is 12.8. The summed E-state index contributed by atoms with van der Waals surface area (Å²) in [6, 6.07) is 9.88. The lowest BCUT2D eigenvalue weighted by Crippen LogP contribution is -2.14. The number of carbonyl (C=O) groups excluding carboxylic acids is 1. The number of hydrogen-bond acceptors (Lipinski definition) is 3. The van der Waals surface area contributed by atoms with Gasteiger partial charge in [0.15, 0.2) is 0 Å². The van der Waals surface area contributed by atoms with E-state index in [1.807, 2.05) is 0 Å². The summed E-state index contributed by atoms with van der Waals surface area (Å²) in [6.45, 7) is 1.74. The van der Waals surface area contributed by atoms with Gasteiger partial charge < -0.3 is 5.32 Å². The highest BCUT2D eigenvalue weighted by molar-refractivity contribution is 6.28. The van der Waals surface area contributed by atoms with Crippen molar-refractivity contribution in [3.8, 4) is 11.1 Å². The average molecular weight is 392 g/mol. The summed E-state index contributed by atoms with van der Waals surface area (Å²) in [7, 11) is 0. The Kier molecular flexibility index (Phi) is 5.14. The van der Waals surface area contributed by atoms with Crippen molar-refractivity contribution >= 4 is 23.2 Å². The number of halogens is 4. The molecule has 8 heteroatoms. The molecule has 0 atom stereocenters. The van der Waals surface area contributed by atoms with E-state index in [1.165, 1.54) is 24.5 Å². The molecule has 3 aromatic rings. The van der Waals surface area contributed by atoms with Crippen LogP contribution in [0.3, 0.4) is 0 Å². The van der Waals surface area contributed by atoms with Crippen LogP contribution in [-0.2, 0) is 6.18 Å². The molecular weight excluding hydrogens is 379 g/mol. The monoisotopic (exact) mass is 391 g/mol. The minimum atomic E-state index is -4.39. The van der Waals surface area contributed by atoms with Crippen molar-refractivity contribution < 1.29 is 18.0 Å². The molecular formula is C19H13ClF3N3O. The van der Waals surface area contributed by atoms with Gasteiger partial charge >= 0.3 is 6.18 Å². The number of amides is 1. The molecule has 0 saturated heterocycles. The van der Waals surface area contributed by atoms with Crippen LogP contribution < -0.4 is 5.32 Å². The Hall–Kier alpha value is -2.93. The van der Waals surface area contributed by atoms with Crippen LogP contribution in [0.2, 0.25) is 5.28 Å². The van der Waals surface area contributed by atoms with Gasteiger partial charge in [-0.05, 0) is 53.4 Å². The molecule has 0 aliphatic heterocycles. The minimum Gasteiger partial charge on any atom is -0.319 e. The number of carbonyl (C=O) groups is 1. The van der Waals surface area contributed by atoms with Crippen LogP contribution in [0, 0.1) is 6.92 Å². The zero-order valence-corrected chi connectivity index (χ0v) is 14.8. The second-order valence-corrected chi connectivity index (χ2v) is 6.09. The van der Waals surface area contributed by atoms with Gasteiger partial charge in [0, 0.05) is 5.56 Å². The lowest BCUT2D eigenvalue weighted by molar-refractivity contribution is -0.137. The Morgan fingerprint density at radius 1 is 1.04 bits per heavy atom. The standard InChI is InChI=1S/C19H13ClF3N3O/c1-11-15(12-5-7-13(8-6-12)19(21,22)23)3-2-4-16(11)17(27)26-14-9-24-18(20)25-10-14/h2-10H,1H3,(H,26,27). The van der Waals surface area contributed by atoms with Crippen LogP contribution >= 0.6 is 11.6 Å². The average Bonchev–Trinajstić information content (AvgIpc) is 2.63. The maximum absolute atomic E-state index is 12.7. The van der Waals surface area contributed by atoms with E-state index < -0.39 is 11.7 Å². The smallest absolute Gasteiger partial charge is 0.319 e. The first-order valence-corrected chi connectivity index (χ1v) is 8.19. The van der Waals surface area contributed by atoms with E-state index in [1.54, 1.807) is 25.1 Å². The van der Waals surface area contributed by atoms with Gasteiger partial charge in [0.1, 0.15) is 0 Å². The fourth-order valence-electron chi connectivity index (χ4n) is 2.61. The molecule has 1 heterocycles. The van der Waals surface area contributed by atoms with Gasteiger partial charge in [-0.15, -0.1) is 0 Å². The largest absolute Gasteiger partial charge is 0.416 e. The lowest BCUT2D eigenvalue weighted by atomic mass is 9.95. The maximum Gasteiger partial charge on any atom is 0.416 e. The van der Waals surface area contributed by atoms with E-state index in [2.05, 4.69) is 15.3 Å². The number of hydrogen-bond donors (Lipinski definition) is 1. The predicted molar refractivity (Wildman–Crippen MR) is 96.6 cm³/mol. The summed E-state index contributed by atoms with van der Waals surface area (Å²) >= 11 is 5.61. The topological polar surface area (TPSA) is 54.9 Å². The zero-order valence-electron chi connectivity index (χ0n) is 14.0. The van der Waals surface area contributed by atoms with Gasteiger partial charge in [0.2, 0.25) is 5.28 Å². The van der Waals surface area contributed by atoms with Crippen molar-refractivity contribution in [2.75, 3.05) is 5.32 Å². The van der Waals surface area contributed by atoms with Gasteiger partial charge in [-0.25, -0.2) is 9.97 Å². The Balaban J connectivity index is 1.89. The number of rotatable bonds is 3. The van der Waals surface area contributed by atoms with Crippen molar-refractivity contribution in [2.45, 2.75) is 13.1 Å². The lowest BCUT2D eigenvalue weighted by Gasteiger charge is -2.13. The molecule has 27 heavy (non-hydrogen) atoms. The molecule has 0 bridgehead atoms. The third-order valence-corrected chi connectivity index (χ3v) is 4.18. The molecule has 4 nitrogen and oxygen atoms in total. The summed E-state index contributed by atoms with van der Waals surface area (Å²) in [6.07, 6.45) is -1.64. The van der Waals surface area contributed by atoms with Gasteiger partial charge in [-0.1, -0.05) is 24.3 Å². The van der Waals surface area contributed by atoms with E-state index in [0.717, 1.165) is 12.1 Å². The van der Waals surface area contributed by atoms with Crippen molar-refractivity contribution in [3.05, 3.63) is 76.8 Å². The van der Waals surface area contributed by atoms with E-state index in [4.69, 9.17) is 11.6 Å². The molecule has 3 rings (SSSR count).